The molecule has 0 fully saturated rings. The van der Waals surface area contributed by atoms with E-state index in [1.165, 1.54) is 11.1 Å². The summed E-state index contributed by atoms with van der Waals surface area (Å²) in [4.78, 5) is 2.02. The molecule has 3 heteroatoms. The first-order chi connectivity index (χ1) is 7.90. The number of rotatable bonds is 5. The fraction of sp³-hybridized carbons (Fsp3) is 0.571. The third-order valence-electron chi connectivity index (χ3n) is 2.82. The summed E-state index contributed by atoms with van der Waals surface area (Å²) in [5, 5.41) is 19.0. The van der Waals surface area contributed by atoms with Crippen molar-refractivity contribution in [3.05, 3.63) is 29.3 Å². The van der Waals surface area contributed by atoms with E-state index >= 15 is 0 Å². The Labute approximate surface area is 104 Å². The van der Waals surface area contributed by atoms with Crippen LogP contribution >= 0.6 is 0 Å². The topological polar surface area (TPSA) is 43.7 Å². The standard InChI is InChI=1S/C14H23NO2/c1-10-5-6-14(7-11(10)2)15(8-12(3)16)9-13(4)17/h5-7,12-13,16-17H,8-9H2,1-4H3. The summed E-state index contributed by atoms with van der Waals surface area (Å²) in [6, 6.07) is 6.20. The molecular weight excluding hydrogens is 214 g/mol. The van der Waals surface area contributed by atoms with Crippen LogP contribution in [0.1, 0.15) is 25.0 Å². The Morgan fingerprint density at radius 3 is 1.94 bits per heavy atom. The van der Waals surface area contributed by atoms with Gasteiger partial charge in [0.25, 0.3) is 0 Å². The second kappa shape index (κ2) is 6.03. The normalized spacial score (nSPS) is 14.5. The zero-order chi connectivity index (χ0) is 13.0. The summed E-state index contributed by atoms with van der Waals surface area (Å²) in [7, 11) is 0. The summed E-state index contributed by atoms with van der Waals surface area (Å²) in [5.41, 5.74) is 3.53. The molecule has 1 aromatic rings. The maximum absolute atomic E-state index is 9.50. The molecule has 1 aromatic carbocycles. The molecule has 0 heterocycles. The van der Waals surface area contributed by atoms with Crippen molar-refractivity contribution in [3.8, 4) is 0 Å². The van der Waals surface area contributed by atoms with Crippen LogP contribution in [0.2, 0.25) is 0 Å². The van der Waals surface area contributed by atoms with Crippen LogP contribution in [-0.4, -0.2) is 35.5 Å². The van der Waals surface area contributed by atoms with E-state index < -0.39 is 12.2 Å². The molecule has 0 amide bonds. The van der Waals surface area contributed by atoms with Crippen molar-refractivity contribution in [2.24, 2.45) is 0 Å². The molecule has 0 bridgehead atoms. The van der Waals surface area contributed by atoms with Gasteiger partial charge in [0, 0.05) is 18.8 Å². The Morgan fingerprint density at radius 1 is 1.00 bits per heavy atom. The summed E-state index contributed by atoms with van der Waals surface area (Å²) in [5.74, 6) is 0. The molecule has 0 aliphatic rings. The first-order valence-corrected chi connectivity index (χ1v) is 6.08. The number of benzene rings is 1. The first kappa shape index (κ1) is 14.0. The quantitative estimate of drug-likeness (QED) is 0.821. The minimum Gasteiger partial charge on any atom is -0.392 e. The van der Waals surface area contributed by atoms with Crippen LogP contribution in [0.4, 0.5) is 5.69 Å². The van der Waals surface area contributed by atoms with Gasteiger partial charge in [-0.05, 0) is 51.0 Å². The lowest BCUT2D eigenvalue weighted by atomic mass is 10.1. The van der Waals surface area contributed by atoms with Gasteiger partial charge in [0.15, 0.2) is 0 Å². The second-order valence-corrected chi connectivity index (χ2v) is 4.87. The highest BCUT2D eigenvalue weighted by Gasteiger charge is 2.12. The number of aliphatic hydroxyl groups is 2. The first-order valence-electron chi connectivity index (χ1n) is 6.08. The zero-order valence-electron chi connectivity index (χ0n) is 11.1. The van der Waals surface area contributed by atoms with Crippen molar-refractivity contribution in [2.75, 3.05) is 18.0 Å². The highest BCUT2D eigenvalue weighted by Crippen LogP contribution is 2.19. The third-order valence-corrected chi connectivity index (χ3v) is 2.82. The van der Waals surface area contributed by atoms with E-state index in [0.717, 1.165) is 5.69 Å². The largest absolute Gasteiger partial charge is 0.392 e. The maximum atomic E-state index is 9.50. The molecular formula is C14H23NO2. The van der Waals surface area contributed by atoms with Crippen LogP contribution in [0.25, 0.3) is 0 Å². The average Bonchev–Trinajstić information content (AvgIpc) is 2.19. The summed E-state index contributed by atoms with van der Waals surface area (Å²) in [6.07, 6.45) is -0.814. The van der Waals surface area contributed by atoms with Gasteiger partial charge in [0.1, 0.15) is 0 Å². The molecule has 0 spiro atoms. The molecule has 0 aliphatic heterocycles. The van der Waals surface area contributed by atoms with Crippen LogP contribution in [0.3, 0.4) is 0 Å². The number of anilines is 1. The molecule has 2 atom stereocenters. The highest BCUT2D eigenvalue weighted by molar-refractivity contribution is 5.50. The van der Waals surface area contributed by atoms with Gasteiger partial charge in [-0.2, -0.15) is 0 Å². The van der Waals surface area contributed by atoms with Gasteiger partial charge < -0.3 is 15.1 Å². The Hall–Kier alpha value is -1.06. The molecule has 2 unspecified atom stereocenters. The van der Waals surface area contributed by atoms with E-state index in [9.17, 15) is 10.2 Å². The number of nitrogens with zero attached hydrogens (tertiary/aromatic N) is 1. The number of hydrogen-bond acceptors (Lipinski definition) is 3. The van der Waals surface area contributed by atoms with Crippen LogP contribution in [-0.2, 0) is 0 Å². The van der Waals surface area contributed by atoms with Crippen LogP contribution in [0.5, 0.6) is 0 Å². The van der Waals surface area contributed by atoms with E-state index in [-0.39, 0.29) is 0 Å². The number of aryl methyl sites for hydroxylation is 2. The second-order valence-electron chi connectivity index (χ2n) is 4.87. The molecule has 0 aromatic heterocycles. The minimum atomic E-state index is -0.407. The molecule has 96 valence electrons. The molecule has 17 heavy (non-hydrogen) atoms. The zero-order valence-corrected chi connectivity index (χ0v) is 11.1. The lowest BCUT2D eigenvalue weighted by Crippen LogP contribution is -2.36. The number of hydrogen-bond donors (Lipinski definition) is 2. The van der Waals surface area contributed by atoms with Gasteiger partial charge in [0.05, 0.1) is 12.2 Å². The lowest BCUT2D eigenvalue weighted by Gasteiger charge is -2.28. The van der Waals surface area contributed by atoms with Crippen LogP contribution in [0, 0.1) is 13.8 Å². The predicted molar refractivity (Wildman–Crippen MR) is 71.5 cm³/mol. The molecule has 0 saturated carbocycles. The minimum absolute atomic E-state index is 0.407. The predicted octanol–water partition coefficient (Wildman–Crippen LogP) is 1.87. The van der Waals surface area contributed by atoms with E-state index in [0.29, 0.717) is 13.1 Å². The van der Waals surface area contributed by atoms with Crippen molar-refractivity contribution < 1.29 is 10.2 Å². The maximum Gasteiger partial charge on any atom is 0.0687 e. The fourth-order valence-electron chi connectivity index (χ4n) is 1.85. The Balaban J connectivity index is 2.91. The Morgan fingerprint density at radius 2 is 1.53 bits per heavy atom. The van der Waals surface area contributed by atoms with Gasteiger partial charge >= 0.3 is 0 Å². The molecule has 0 aliphatic carbocycles. The van der Waals surface area contributed by atoms with E-state index in [2.05, 4.69) is 26.0 Å². The van der Waals surface area contributed by atoms with Crippen LogP contribution in [0.15, 0.2) is 18.2 Å². The van der Waals surface area contributed by atoms with Crippen molar-refractivity contribution >= 4 is 5.69 Å². The van der Waals surface area contributed by atoms with Gasteiger partial charge in [-0.3, -0.25) is 0 Å². The molecule has 1 rings (SSSR count). The van der Waals surface area contributed by atoms with Gasteiger partial charge in [0.2, 0.25) is 0 Å². The highest BCUT2D eigenvalue weighted by atomic mass is 16.3. The smallest absolute Gasteiger partial charge is 0.0687 e. The van der Waals surface area contributed by atoms with Crippen LogP contribution < -0.4 is 4.90 Å². The SMILES string of the molecule is Cc1ccc(N(CC(C)O)CC(C)O)cc1C. The fourth-order valence-corrected chi connectivity index (χ4v) is 1.85. The molecule has 3 nitrogen and oxygen atoms in total. The summed E-state index contributed by atoms with van der Waals surface area (Å²) >= 11 is 0. The third kappa shape index (κ3) is 4.36. The number of aliphatic hydroxyl groups excluding tert-OH is 2. The van der Waals surface area contributed by atoms with Gasteiger partial charge in [-0.25, -0.2) is 0 Å². The molecule has 2 N–H and O–H groups in total. The molecule has 0 radical (unpaired) electrons. The van der Waals surface area contributed by atoms with E-state index in [1.54, 1.807) is 13.8 Å². The Kier molecular flexibility index (Phi) is 4.97. The van der Waals surface area contributed by atoms with Crippen molar-refractivity contribution in [2.45, 2.75) is 39.9 Å². The average molecular weight is 237 g/mol. The van der Waals surface area contributed by atoms with Gasteiger partial charge in [-0.1, -0.05) is 6.07 Å². The Bertz CT molecular complexity index is 351. The van der Waals surface area contributed by atoms with Crippen molar-refractivity contribution in [1.82, 2.24) is 0 Å². The lowest BCUT2D eigenvalue weighted by molar-refractivity contribution is 0.178. The van der Waals surface area contributed by atoms with E-state index in [4.69, 9.17) is 0 Å². The van der Waals surface area contributed by atoms with Gasteiger partial charge in [-0.15, -0.1) is 0 Å². The van der Waals surface area contributed by atoms with E-state index in [1.807, 2.05) is 11.0 Å². The summed E-state index contributed by atoms with van der Waals surface area (Å²) < 4.78 is 0. The molecule has 0 saturated heterocycles. The summed E-state index contributed by atoms with van der Waals surface area (Å²) in [6.45, 7) is 8.74. The monoisotopic (exact) mass is 237 g/mol. The van der Waals surface area contributed by atoms with Crippen molar-refractivity contribution in [3.63, 3.8) is 0 Å². The van der Waals surface area contributed by atoms with Crippen molar-refractivity contribution in [1.29, 1.82) is 0 Å².